The van der Waals surface area contributed by atoms with Crippen LogP contribution in [0.1, 0.15) is 101 Å². The molecule has 26 nitrogen and oxygen atoms in total. The van der Waals surface area contributed by atoms with Gasteiger partial charge in [-0.15, -0.1) is 13.2 Å². The second kappa shape index (κ2) is 31.9. The summed E-state index contributed by atoms with van der Waals surface area (Å²) in [6, 6.07) is 15.8. The van der Waals surface area contributed by atoms with Crippen LogP contribution >= 0.6 is 15.5 Å². The van der Waals surface area contributed by atoms with E-state index in [1.54, 1.807) is 54.6 Å². The Balaban J connectivity index is 0.000000281. The number of carbonyl (C=O) groups excluding carboxylic acids is 4. The molecule has 0 saturated carbocycles. The highest BCUT2D eigenvalue weighted by atomic mass is 31.2. The molecule has 3 aliphatic rings. The van der Waals surface area contributed by atoms with Crippen molar-refractivity contribution in [3.63, 3.8) is 0 Å². The highest BCUT2D eigenvalue weighted by Crippen LogP contribution is 2.50. The molecule has 2 aromatic heterocycles. The fourth-order valence-corrected chi connectivity index (χ4v) is 12.5. The molecule has 88 heavy (non-hydrogen) atoms. The molecule has 480 valence electrons. The molecule has 2 N–H and O–H groups in total. The average Bonchev–Trinajstić information content (AvgIpc) is 2.44. The van der Waals surface area contributed by atoms with Gasteiger partial charge in [-0.2, -0.15) is 19.3 Å². The molecular formula is C58H74F2N6O20P2. The fourth-order valence-electron chi connectivity index (χ4n) is 9.50. The Morgan fingerprint density at radius 2 is 1.44 bits per heavy atom. The lowest BCUT2D eigenvalue weighted by atomic mass is 9.98. The van der Waals surface area contributed by atoms with Crippen molar-refractivity contribution in [2.75, 3.05) is 40.6 Å². The Morgan fingerprint density at radius 1 is 0.841 bits per heavy atom. The van der Waals surface area contributed by atoms with Crippen molar-refractivity contribution in [3.05, 3.63) is 164 Å². The van der Waals surface area contributed by atoms with Gasteiger partial charge in [0.1, 0.15) is 48.0 Å². The topological polar surface area (TPSA) is 307 Å². The van der Waals surface area contributed by atoms with E-state index in [0.29, 0.717) is 34.8 Å². The number of rotatable bonds is 20. The SMILES string of the molecule is C=CCCCOC(=O)[C@H](C)N[P@](=O)(OCC1OC(n2ccc(=O)n(C(=O)CCC=C)c2=O)[C@](C)(F)[C@@H]1OC)Oc1ccccc1.CO[C@@H]1C2CO[P@](=O)(Oc3ccccc3)N[C@@H](C)C(=O)OCCCC=CCCC(=O)n3c(=O)ccn(c3=O)C(O2)[C@]1(C)F. The van der Waals surface area contributed by atoms with Crippen LogP contribution < -0.4 is 41.7 Å². The zero-order chi connectivity index (χ0) is 64.4. The van der Waals surface area contributed by atoms with Crippen molar-refractivity contribution in [1.82, 2.24) is 28.4 Å². The van der Waals surface area contributed by atoms with Gasteiger partial charge in [0.05, 0.1) is 26.4 Å². The number of alkyl halides is 2. The first-order valence-corrected chi connectivity index (χ1v) is 31.2. The zero-order valence-corrected chi connectivity index (χ0v) is 51.3. The molecule has 3 aliphatic heterocycles. The average molecular weight is 1280 g/mol. The summed E-state index contributed by atoms with van der Waals surface area (Å²) in [6.45, 7) is 11.3. The third-order valence-electron chi connectivity index (χ3n) is 13.9. The first kappa shape index (κ1) is 70.0. The summed E-state index contributed by atoms with van der Waals surface area (Å²) in [6.07, 6.45) is 2.47. The minimum atomic E-state index is -4.36. The maximum absolute atomic E-state index is 16.3. The van der Waals surface area contributed by atoms with Crippen molar-refractivity contribution in [1.29, 1.82) is 0 Å². The third-order valence-corrected chi connectivity index (χ3v) is 17.2. The van der Waals surface area contributed by atoms with Crippen LogP contribution in [0.15, 0.2) is 142 Å². The lowest BCUT2D eigenvalue weighted by Gasteiger charge is -2.27. The monoisotopic (exact) mass is 1270 g/mol. The molecule has 4 aromatic rings. The number of hydrogen-bond acceptors (Lipinski definition) is 20. The Bertz CT molecular complexity index is 3450. The molecule has 4 bridgehead atoms. The molecule has 0 radical (unpaired) electrons. The van der Waals surface area contributed by atoms with Gasteiger partial charge < -0.3 is 37.5 Å². The van der Waals surface area contributed by atoms with E-state index >= 15 is 8.78 Å². The quantitative estimate of drug-likeness (QED) is 0.0386. The normalized spacial score (nSPS) is 27.0. The molecule has 2 saturated heterocycles. The fraction of sp³-hybridized carbons (Fsp3) is 0.483. The van der Waals surface area contributed by atoms with E-state index in [1.807, 2.05) is 0 Å². The number of ether oxygens (including phenoxy) is 6. The molecular weight excluding hydrogens is 1200 g/mol. The number of aromatic nitrogens is 4. The summed E-state index contributed by atoms with van der Waals surface area (Å²) in [5.41, 5.74) is -8.73. The zero-order valence-electron chi connectivity index (χ0n) is 49.5. The highest BCUT2D eigenvalue weighted by Gasteiger charge is 2.58. The van der Waals surface area contributed by atoms with Gasteiger partial charge in [0.25, 0.3) is 11.1 Å². The summed E-state index contributed by atoms with van der Waals surface area (Å²) >= 11 is 0. The third kappa shape index (κ3) is 17.8. The molecule has 0 aliphatic carbocycles. The van der Waals surface area contributed by atoms with Crippen LogP contribution in [0, 0.1) is 0 Å². The number of para-hydroxylation sites is 2. The molecule has 2 aromatic carbocycles. The molecule has 30 heteroatoms. The van der Waals surface area contributed by atoms with Crippen LogP contribution in [0.3, 0.4) is 0 Å². The largest absolute Gasteiger partial charge is 0.465 e. The number of unbranched alkanes of at least 4 members (excludes halogenated alkanes) is 1. The number of allylic oxidation sites excluding steroid dienone is 4. The van der Waals surface area contributed by atoms with Crippen LogP contribution in [0.5, 0.6) is 11.5 Å². The molecule has 0 amide bonds. The number of cyclic esters (lactones) is 1. The molecule has 4 unspecified atom stereocenters. The van der Waals surface area contributed by atoms with Crippen molar-refractivity contribution in [2.45, 2.75) is 139 Å². The number of benzene rings is 2. The summed E-state index contributed by atoms with van der Waals surface area (Å²) in [7, 11) is -6.25. The maximum atomic E-state index is 16.3. The first-order valence-electron chi connectivity index (χ1n) is 28.1. The number of methoxy groups -OCH3 is 2. The van der Waals surface area contributed by atoms with Gasteiger partial charge in [-0.25, -0.2) is 27.5 Å². The van der Waals surface area contributed by atoms with E-state index in [9.17, 15) is 47.5 Å². The maximum Gasteiger partial charge on any atom is 0.459 e. The number of nitrogens with zero attached hydrogens (tertiary/aromatic N) is 4. The van der Waals surface area contributed by atoms with E-state index < -0.39 is 135 Å². The van der Waals surface area contributed by atoms with Crippen molar-refractivity contribution in [2.24, 2.45) is 0 Å². The Kier molecular flexibility index (Phi) is 25.4. The lowest BCUT2D eigenvalue weighted by molar-refractivity contribution is -0.146. The lowest BCUT2D eigenvalue weighted by Crippen LogP contribution is -2.48. The summed E-state index contributed by atoms with van der Waals surface area (Å²) < 4.78 is 118. The van der Waals surface area contributed by atoms with E-state index in [1.165, 1.54) is 58.4 Å². The predicted molar refractivity (Wildman–Crippen MR) is 314 cm³/mol. The van der Waals surface area contributed by atoms with Gasteiger partial charge in [0, 0.05) is 51.6 Å². The Labute approximate surface area is 505 Å². The minimum Gasteiger partial charge on any atom is -0.465 e. The number of halogens is 2. The summed E-state index contributed by atoms with van der Waals surface area (Å²) in [5.74, 6) is -2.65. The number of esters is 2. The Morgan fingerprint density at radius 3 is 2.09 bits per heavy atom. The van der Waals surface area contributed by atoms with Crippen LogP contribution in [0.4, 0.5) is 8.78 Å². The van der Waals surface area contributed by atoms with Crippen molar-refractivity contribution < 1.29 is 83.6 Å². The first-order chi connectivity index (χ1) is 41.8. The number of hydrogen-bond donors (Lipinski definition) is 2. The Hall–Kier alpha value is -7.10. The van der Waals surface area contributed by atoms with Gasteiger partial charge in [0.2, 0.25) is 11.8 Å². The molecule has 7 rings (SSSR count). The van der Waals surface area contributed by atoms with Gasteiger partial charge in [0.15, 0.2) is 23.8 Å². The van der Waals surface area contributed by atoms with Gasteiger partial charge in [-0.05, 0) is 90.5 Å². The van der Waals surface area contributed by atoms with Gasteiger partial charge in [-0.1, -0.05) is 60.7 Å². The molecule has 12 atom stereocenters. The second-order valence-corrected chi connectivity index (χ2v) is 24.0. The molecule has 0 spiro atoms. The van der Waals surface area contributed by atoms with E-state index in [0.717, 1.165) is 47.5 Å². The van der Waals surface area contributed by atoms with E-state index in [2.05, 4.69) is 23.3 Å². The van der Waals surface area contributed by atoms with Crippen LogP contribution in [0.25, 0.3) is 0 Å². The molecule has 2 fully saturated rings. The summed E-state index contributed by atoms with van der Waals surface area (Å²) in [5, 5.41) is 5.10. The van der Waals surface area contributed by atoms with Crippen LogP contribution in [-0.4, -0.2) is 131 Å². The number of nitrogens with one attached hydrogen (secondary N) is 2. The number of carbonyl (C=O) groups is 4. The van der Waals surface area contributed by atoms with Crippen molar-refractivity contribution in [3.8, 4) is 11.5 Å². The standard InChI is InChI=1S/C30H39FN3O10P.C28H35FN3O10P/c1-6-8-13-19-41-27(37)21(3)32-45(39,44-22-14-11-10-12-15-22)42-20-23-26(40-5)30(4,31)28(43-23)33-18-17-25(36)34(29(33)38)24(35)16-9-7-2;1-19-25(35)39-17-11-6-4-5-10-14-22(33)32-23(34)15-16-31(27(32)36)26-28(2,29)24(38-3)21(41-26)18-40-43(37,30-19)42-20-12-8-7-9-13-20/h6-7,10-12,14-15,17-18,21,23,26,28H,1-2,8-9,13,16,19-20H2,3-5H3,(H,32,39);4-5,7-9,12-13,15-16,19,21,24,26H,6,10-11,14,17-18H2,1-3H3,(H,30,37)/t21-,23?,26+,28?,30+,45-;19-,21?,24+,26?,28+,43-/m00/s1. The van der Waals surface area contributed by atoms with E-state index in [-0.39, 0.29) is 50.4 Å². The number of fused-ring (bicyclic) bond motifs is 5. The molecule has 5 heterocycles. The van der Waals surface area contributed by atoms with Crippen LogP contribution in [-0.2, 0) is 56.2 Å². The van der Waals surface area contributed by atoms with E-state index in [4.69, 9.17) is 46.5 Å². The van der Waals surface area contributed by atoms with Gasteiger partial charge >= 0.3 is 38.8 Å². The smallest absolute Gasteiger partial charge is 0.459 e. The predicted octanol–water partition coefficient (Wildman–Crippen LogP) is 7.09. The highest BCUT2D eigenvalue weighted by molar-refractivity contribution is 7.52. The van der Waals surface area contributed by atoms with Crippen molar-refractivity contribution >= 4 is 39.2 Å². The minimum absolute atomic E-state index is 0.0691. The van der Waals surface area contributed by atoms with Gasteiger partial charge in [-0.3, -0.25) is 46.9 Å². The van der Waals surface area contributed by atoms with Crippen LogP contribution in [0.2, 0.25) is 0 Å². The second-order valence-electron chi connectivity index (χ2n) is 20.7. The summed E-state index contributed by atoms with van der Waals surface area (Å²) in [4.78, 5) is 102.